The molecule has 0 unspecified atom stereocenters. The van der Waals surface area contributed by atoms with Gasteiger partial charge in [-0.25, -0.2) is 15.0 Å². The summed E-state index contributed by atoms with van der Waals surface area (Å²) in [4.78, 5) is 25.8. The van der Waals surface area contributed by atoms with Gasteiger partial charge >= 0.3 is 0 Å². The molecule has 0 atom stereocenters. The largest absolute Gasteiger partial charge is 0.310 e. The van der Waals surface area contributed by atoms with Gasteiger partial charge in [0.1, 0.15) is 6.33 Å². The average Bonchev–Trinajstić information content (AvgIpc) is 3.05. The highest BCUT2D eigenvalue weighted by atomic mass is 16.1. The quantitative estimate of drug-likeness (QED) is 0.612. The Morgan fingerprint density at radius 2 is 1.85 bits per heavy atom. The molecule has 0 radical (unpaired) electrons. The molecule has 0 saturated carbocycles. The van der Waals surface area contributed by atoms with E-state index in [4.69, 9.17) is 0 Å². The molecule has 0 fully saturated rings. The number of hydrogen-bond acceptors (Lipinski definition) is 4. The van der Waals surface area contributed by atoms with Gasteiger partial charge in [-0.2, -0.15) is 0 Å². The van der Waals surface area contributed by atoms with Crippen molar-refractivity contribution in [3.05, 3.63) is 72.7 Å². The maximum absolute atomic E-state index is 12.9. The van der Waals surface area contributed by atoms with Crippen LogP contribution in [0.25, 0.3) is 22.3 Å². The Morgan fingerprint density at radius 3 is 2.65 bits per heavy atom. The number of aromatic nitrogens is 4. The first-order valence-electron chi connectivity index (χ1n) is 8.40. The van der Waals surface area contributed by atoms with Crippen molar-refractivity contribution in [2.75, 3.05) is 5.32 Å². The molecule has 0 aliphatic rings. The van der Waals surface area contributed by atoms with E-state index in [1.54, 1.807) is 0 Å². The first-order valence-corrected chi connectivity index (χ1v) is 8.40. The van der Waals surface area contributed by atoms with Gasteiger partial charge in [0.2, 0.25) is 5.95 Å². The minimum atomic E-state index is -0.283. The number of benzene rings is 2. The van der Waals surface area contributed by atoms with Gasteiger partial charge in [-0.05, 0) is 19.1 Å². The third-order valence-corrected chi connectivity index (χ3v) is 4.20. The summed E-state index contributed by atoms with van der Waals surface area (Å²) in [7, 11) is 0. The van der Waals surface area contributed by atoms with Crippen LogP contribution >= 0.6 is 0 Å². The summed E-state index contributed by atoms with van der Waals surface area (Å²) in [5.41, 5.74) is 3.70. The van der Waals surface area contributed by atoms with E-state index in [9.17, 15) is 4.79 Å². The number of carbonyl (C=O) groups is 1. The van der Waals surface area contributed by atoms with Crippen LogP contribution in [0.2, 0.25) is 0 Å². The first-order chi connectivity index (χ1) is 12.8. The van der Waals surface area contributed by atoms with Gasteiger partial charge in [-0.1, -0.05) is 42.5 Å². The highest BCUT2D eigenvalue weighted by Crippen LogP contribution is 2.23. The molecular formula is C20H17N5O. The standard InChI is InChI=1S/C20H17N5O/c1-2-25-17-11-7-6-10-16(17)23-20(25)24-19(26)15-12-21-13-22-18(15)14-8-4-3-5-9-14/h3-13H,2H2,1H3,(H,23,24,26). The fourth-order valence-corrected chi connectivity index (χ4v) is 2.98. The van der Waals surface area contributed by atoms with Gasteiger partial charge in [0, 0.05) is 18.3 Å². The summed E-state index contributed by atoms with van der Waals surface area (Å²) in [5.74, 6) is 0.232. The van der Waals surface area contributed by atoms with Crippen LogP contribution in [-0.4, -0.2) is 25.4 Å². The zero-order chi connectivity index (χ0) is 17.9. The number of rotatable bonds is 4. The molecule has 128 valence electrons. The Balaban J connectivity index is 1.72. The number of aryl methyl sites for hydroxylation is 1. The summed E-state index contributed by atoms with van der Waals surface area (Å²) in [6.45, 7) is 2.72. The molecule has 2 aromatic carbocycles. The maximum Gasteiger partial charge on any atom is 0.261 e. The molecule has 4 rings (SSSR count). The summed E-state index contributed by atoms with van der Waals surface area (Å²) < 4.78 is 1.97. The lowest BCUT2D eigenvalue weighted by molar-refractivity contribution is 0.102. The second-order valence-corrected chi connectivity index (χ2v) is 5.77. The Bertz CT molecular complexity index is 1070. The second-order valence-electron chi connectivity index (χ2n) is 5.77. The lowest BCUT2D eigenvalue weighted by Crippen LogP contribution is -2.17. The van der Waals surface area contributed by atoms with E-state index in [1.807, 2.05) is 66.1 Å². The molecule has 6 nitrogen and oxygen atoms in total. The minimum absolute atomic E-state index is 0.283. The van der Waals surface area contributed by atoms with Gasteiger partial charge in [-0.3, -0.25) is 10.1 Å². The van der Waals surface area contributed by atoms with E-state index in [0.717, 1.165) is 16.6 Å². The molecule has 6 heteroatoms. The Hall–Kier alpha value is -3.54. The van der Waals surface area contributed by atoms with Crippen LogP contribution in [-0.2, 0) is 6.54 Å². The van der Waals surface area contributed by atoms with Crippen molar-refractivity contribution in [2.24, 2.45) is 0 Å². The van der Waals surface area contributed by atoms with Gasteiger partial charge in [0.25, 0.3) is 5.91 Å². The van der Waals surface area contributed by atoms with Crippen molar-refractivity contribution in [3.8, 4) is 11.3 Å². The van der Waals surface area contributed by atoms with E-state index >= 15 is 0 Å². The summed E-state index contributed by atoms with van der Waals surface area (Å²) >= 11 is 0. The Labute approximate surface area is 150 Å². The van der Waals surface area contributed by atoms with Crippen LogP contribution in [0.3, 0.4) is 0 Å². The summed E-state index contributed by atoms with van der Waals surface area (Å²) in [6, 6.07) is 17.4. The van der Waals surface area contributed by atoms with E-state index in [-0.39, 0.29) is 5.91 Å². The zero-order valence-electron chi connectivity index (χ0n) is 14.3. The number of amides is 1. The Morgan fingerprint density at radius 1 is 1.08 bits per heavy atom. The third kappa shape index (κ3) is 2.82. The molecule has 0 aliphatic heterocycles. The monoisotopic (exact) mass is 343 g/mol. The number of carbonyl (C=O) groups excluding carboxylic acids is 1. The van der Waals surface area contributed by atoms with Crippen LogP contribution in [0.15, 0.2) is 67.1 Å². The van der Waals surface area contributed by atoms with Crippen LogP contribution in [0, 0.1) is 0 Å². The average molecular weight is 343 g/mol. The zero-order valence-corrected chi connectivity index (χ0v) is 14.3. The van der Waals surface area contributed by atoms with Crippen LogP contribution in [0.1, 0.15) is 17.3 Å². The normalized spacial score (nSPS) is 10.8. The molecule has 2 heterocycles. The summed E-state index contributed by atoms with van der Waals surface area (Å²) in [5, 5.41) is 2.91. The van der Waals surface area contributed by atoms with Crippen molar-refractivity contribution in [3.63, 3.8) is 0 Å². The third-order valence-electron chi connectivity index (χ3n) is 4.20. The smallest absolute Gasteiger partial charge is 0.261 e. The van der Waals surface area contributed by atoms with Crippen LogP contribution in [0.4, 0.5) is 5.95 Å². The molecule has 0 bridgehead atoms. The first kappa shape index (κ1) is 16.0. The lowest BCUT2D eigenvalue weighted by Gasteiger charge is -2.10. The van der Waals surface area contributed by atoms with Gasteiger partial charge < -0.3 is 4.57 Å². The van der Waals surface area contributed by atoms with E-state index < -0.39 is 0 Å². The maximum atomic E-state index is 12.9. The van der Waals surface area contributed by atoms with E-state index in [0.29, 0.717) is 23.8 Å². The lowest BCUT2D eigenvalue weighted by atomic mass is 10.1. The number of hydrogen-bond donors (Lipinski definition) is 1. The molecule has 2 aromatic heterocycles. The topological polar surface area (TPSA) is 72.7 Å². The second kappa shape index (κ2) is 6.76. The van der Waals surface area contributed by atoms with Crippen LogP contribution in [0.5, 0.6) is 0 Å². The molecule has 1 amide bonds. The molecule has 4 aromatic rings. The fraction of sp³-hybridized carbons (Fsp3) is 0.100. The van der Waals surface area contributed by atoms with Crippen molar-refractivity contribution < 1.29 is 4.79 Å². The highest BCUT2D eigenvalue weighted by Gasteiger charge is 2.18. The number of nitrogens with one attached hydrogen (secondary N) is 1. The predicted molar refractivity (Wildman–Crippen MR) is 101 cm³/mol. The molecule has 1 N–H and O–H groups in total. The van der Waals surface area contributed by atoms with Gasteiger partial charge in [0.15, 0.2) is 0 Å². The molecule has 0 spiro atoms. The molecular weight excluding hydrogens is 326 g/mol. The molecule has 0 aliphatic carbocycles. The minimum Gasteiger partial charge on any atom is -0.310 e. The number of imidazole rings is 1. The highest BCUT2D eigenvalue weighted by molar-refractivity contribution is 6.07. The van der Waals surface area contributed by atoms with Gasteiger partial charge in [0.05, 0.1) is 22.3 Å². The number of nitrogens with zero attached hydrogens (tertiary/aromatic N) is 4. The molecule has 0 saturated heterocycles. The van der Waals surface area contributed by atoms with Crippen LogP contribution < -0.4 is 5.32 Å². The van der Waals surface area contributed by atoms with E-state index in [2.05, 4.69) is 20.3 Å². The number of para-hydroxylation sites is 2. The molecule has 26 heavy (non-hydrogen) atoms. The Kier molecular flexibility index (Phi) is 4.15. The SMILES string of the molecule is CCn1c(NC(=O)c2cncnc2-c2ccccc2)nc2ccccc21. The van der Waals surface area contributed by atoms with Crippen molar-refractivity contribution >= 4 is 22.9 Å². The van der Waals surface area contributed by atoms with Crippen molar-refractivity contribution in [1.29, 1.82) is 0 Å². The van der Waals surface area contributed by atoms with E-state index in [1.165, 1.54) is 12.5 Å². The summed E-state index contributed by atoms with van der Waals surface area (Å²) in [6.07, 6.45) is 2.98. The fourth-order valence-electron chi connectivity index (χ4n) is 2.98. The van der Waals surface area contributed by atoms with Crippen molar-refractivity contribution in [1.82, 2.24) is 19.5 Å². The van der Waals surface area contributed by atoms with Crippen molar-refractivity contribution in [2.45, 2.75) is 13.5 Å². The number of fused-ring (bicyclic) bond motifs is 1. The van der Waals surface area contributed by atoms with Gasteiger partial charge in [-0.15, -0.1) is 0 Å². The number of anilines is 1. The predicted octanol–water partition coefficient (Wildman–Crippen LogP) is 3.77.